The standard InChI is InChI=1S/C13H15N3O2/c14-13(17)18-8-9-4-5-11-10(7-9)15-12-3-1-2-6-16(11)12/h4-5,7H,1-3,6,8H2,(H2,14,17). The van der Waals surface area contributed by atoms with Crippen LogP contribution in [-0.2, 0) is 24.3 Å². The molecule has 0 saturated carbocycles. The van der Waals surface area contributed by atoms with E-state index in [1.807, 2.05) is 18.2 Å². The predicted molar refractivity (Wildman–Crippen MR) is 67.0 cm³/mol. The van der Waals surface area contributed by atoms with Gasteiger partial charge in [-0.15, -0.1) is 0 Å². The first kappa shape index (κ1) is 11.1. The minimum Gasteiger partial charge on any atom is -0.445 e. The molecule has 2 aromatic rings. The van der Waals surface area contributed by atoms with Gasteiger partial charge >= 0.3 is 6.09 Å². The summed E-state index contributed by atoms with van der Waals surface area (Å²) in [4.78, 5) is 15.2. The van der Waals surface area contributed by atoms with Crippen LogP contribution in [0.15, 0.2) is 18.2 Å². The van der Waals surface area contributed by atoms with Gasteiger partial charge in [0.2, 0.25) is 0 Å². The van der Waals surface area contributed by atoms with Crippen molar-refractivity contribution in [1.29, 1.82) is 0 Å². The molecule has 0 atom stereocenters. The van der Waals surface area contributed by atoms with E-state index in [0.29, 0.717) is 0 Å². The number of amides is 1. The highest BCUT2D eigenvalue weighted by Gasteiger charge is 2.14. The molecule has 0 aliphatic carbocycles. The molecular weight excluding hydrogens is 230 g/mol. The number of aromatic nitrogens is 2. The summed E-state index contributed by atoms with van der Waals surface area (Å²) in [6, 6.07) is 5.95. The molecule has 0 saturated heterocycles. The predicted octanol–water partition coefficient (Wildman–Crippen LogP) is 1.97. The van der Waals surface area contributed by atoms with Crippen LogP contribution in [0.2, 0.25) is 0 Å². The smallest absolute Gasteiger partial charge is 0.404 e. The summed E-state index contributed by atoms with van der Waals surface area (Å²) in [5, 5.41) is 0. The van der Waals surface area contributed by atoms with Gasteiger partial charge in [-0.3, -0.25) is 0 Å². The molecule has 0 unspecified atom stereocenters. The lowest BCUT2D eigenvalue weighted by Gasteiger charge is -2.13. The third-order valence-electron chi connectivity index (χ3n) is 3.30. The van der Waals surface area contributed by atoms with Crippen LogP contribution in [-0.4, -0.2) is 15.6 Å². The van der Waals surface area contributed by atoms with E-state index in [9.17, 15) is 4.79 Å². The van der Waals surface area contributed by atoms with Gasteiger partial charge in [0.15, 0.2) is 0 Å². The zero-order valence-corrected chi connectivity index (χ0v) is 10.1. The van der Waals surface area contributed by atoms with Gasteiger partial charge in [-0.1, -0.05) is 6.07 Å². The number of primary amides is 1. The maximum absolute atomic E-state index is 10.6. The molecule has 5 nitrogen and oxygen atoms in total. The summed E-state index contributed by atoms with van der Waals surface area (Å²) < 4.78 is 7.06. The van der Waals surface area contributed by atoms with Crippen LogP contribution in [0.5, 0.6) is 0 Å². The van der Waals surface area contributed by atoms with Crippen molar-refractivity contribution in [3.63, 3.8) is 0 Å². The monoisotopic (exact) mass is 245 g/mol. The van der Waals surface area contributed by atoms with E-state index in [2.05, 4.69) is 9.55 Å². The first-order valence-electron chi connectivity index (χ1n) is 6.14. The van der Waals surface area contributed by atoms with Crippen molar-refractivity contribution in [1.82, 2.24) is 9.55 Å². The van der Waals surface area contributed by atoms with Crippen molar-refractivity contribution in [3.05, 3.63) is 29.6 Å². The Balaban J connectivity index is 1.95. The molecule has 1 aliphatic heterocycles. The number of nitrogens with two attached hydrogens (primary N) is 1. The van der Waals surface area contributed by atoms with Crippen LogP contribution in [0.4, 0.5) is 4.79 Å². The van der Waals surface area contributed by atoms with Crippen molar-refractivity contribution >= 4 is 17.1 Å². The van der Waals surface area contributed by atoms with Crippen molar-refractivity contribution in [2.75, 3.05) is 0 Å². The lowest BCUT2D eigenvalue weighted by molar-refractivity contribution is 0.150. The first-order valence-corrected chi connectivity index (χ1v) is 6.14. The fourth-order valence-electron chi connectivity index (χ4n) is 2.46. The largest absolute Gasteiger partial charge is 0.445 e. The van der Waals surface area contributed by atoms with Crippen LogP contribution >= 0.6 is 0 Å². The molecule has 0 spiro atoms. The third-order valence-corrected chi connectivity index (χ3v) is 3.30. The lowest BCUT2D eigenvalue weighted by atomic mass is 10.1. The van der Waals surface area contributed by atoms with Crippen molar-refractivity contribution in [2.24, 2.45) is 5.73 Å². The second kappa shape index (κ2) is 4.33. The minimum absolute atomic E-state index is 0.202. The van der Waals surface area contributed by atoms with E-state index in [0.717, 1.165) is 35.4 Å². The molecule has 5 heteroatoms. The van der Waals surface area contributed by atoms with Gasteiger partial charge in [0.1, 0.15) is 12.4 Å². The molecule has 0 fully saturated rings. The molecule has 0 radical (unpaired) electrons. The van der Waals surface area contributed by atoms with E-state index in [4.69, 9.17) is 10.5 Å². The van der Waals surface area contributed by atoms with Gasteiger partial charge in [-0.25, -0.2) is 9.78 Å². The average Bonchev–Trinajstić information content (AvgIpc) is 2.73. The van der Waals surface area contributed by atoms with Crippen molar-refractivity contribution < 1.29 is 9.53 Å². The van der Waals surface area contributed by atoms with Gasteiger partial charge in [-0.05, 0) is 30.5 Å². The Hall–Kier alpha value is -2.04. The number of imidazole rings is 1. The number of carbonyl (C=O) groups excluding carboxylic acids is 1. The van der Waals surface area contributed by atoms with Crippen LogP contribution in [0.1, 0.15) is 24.2 Å². The number of benzene rings is 1. The number of hydrogen-bond acceptors (Lipinski definition) is 3. The summed E-state index contributed by atoms with van der Waals surface area (Å²) in [5.74, 6) is 1.16. The molecule has 0 bridgehead atoms. The maximum atomic E-state index is 10.6. The number of aryl methyl sites for hydroxylation is 2. The average molecular weight is 245 g/mol. The Morgan fingerprint density at radius 2 is 2.33 bits per heavy atom. The van der Waals surface area contributed by atoms with E-state index >= 15 is 0 Å². The quantitative estimate of drug-likeness (QED) is 0.879. The van der Waals surface area contributed by atoms with Gasteiger partial charge < -0.3 is 15.0 Å². The van der Waals surface area contributed by atoms with E-state index < -0.39 is 6.09 Å². The Bertz CT molecular complexity index is 604. The number of nitrogens with zero attached hydrogens (tertiary/aromatic N) is 2. The number of ether oxygens (including phenoxy) is 1. The molecule has 2 N–H and O–H groups in total. The summed E-state index contributed by atoms with van der Waals surface area (Å²) in [5.41, 5.74) is 7.99. The highest BCUT2D eigenvalue weighted by atomic mass is 16.5. The molecule has 1 aromatic heterocycles. The van der Waals surface area contributed by atoms with Gasteiger partial charge in [0, 0.05) is 13.0 Å². The molecule has 18 heavy (non-hydrogen) atoms. The van der Waals surface area contributed by atoms with Crippen LogP contribution < -0.4 is 5.73 Å². The van der Waals surface area contributed by atoms with Crippen LogP contribution in [0, 0.1) is 0 Å². The van der Waals surface area contributed by atoms with Crippen molar-refractivity contribution in [3.8, 4) is 0 Å². The van der Waals surface area contributed by atoms with Gasteiger partial charge in [0.25, 0.3) is 0 Å². The zero-order valence-electron chi connectivity index (χ0n) is 10.1. The van der Waals surface area contributed by atoms with Crippen LogP contribution in [0.25, 0.3) is 11.0 Å². The minimum atomic E-state index is -0.751. The second-order valence-corrected chi connectivity index (χ2v) is 4.57. The Morgan fingerprint density at radius 3 is 3.17 bits per heavy atom. The summed E-state index contributed by atoms with van der Waals surface area (Å²) >= 11 is 0. The number of fused-ring (bicyclic) bond motifs is 3. The SMILES string of the molecule is NC(=O)OCc1ccc2c(c1)nc1n2CCCC1. The first-order chi connectivity index (χ1) is 8.74. The second-order valence-electron chi connectivity index (χ2n) is 4.57. The maximum Gasteiger partial charge on any atom is 0.404 e. The summed E-state index contributed by atoms with van der Waals surface area (Å²) in [6.45, 7) is 1.25. The fraction of sp³-hybridized carbons (Fsp3) is 0.385. The molecule has 2 heterocycles. The van der Waals surface area contributed by atoms with E-state index in [-0.39, 0.29) is 6.61 Å². The normalized spacial score (nSPS) is 14.4. The molecule has 3 rings (SSSR count). The molecule has 1 amide bonds. The van der Waals surface area contributed by atoms with Crippen molar-refractivity contribution in [2.45, 2.75) is 32.4 Å². The number of hydrogen-bond donors (Lipinski definition) is 1. The topological polar surface area (TPSA) is 70.1 Å². The Kier molecular flexibility index (Phi) is 2.66. The van der Waals surface area contributed by atoms with Gasteiger partial charge in [-0.2, -0.15) is 0 Å². The van der Waals surface area contributed by atoms with Crippen LogP contribution in [0.3, 0.4) is 0 Å². The molecule has 94 valence electrons. The van der Waals surface area contributed by atoms with Gasteiger partial charge in [0.05, 0.1) is 11.0 Å². The number of rotatable bonds is 2. The zero-order chi connectivity index (χ0) is 12.5. The van der Waals surface area contributed by atoms with E-state index in [1.54, 1.807) is 0 Å². The summed E-state index contributed by atoms with van der Waals surface area (Å²) in [7, 11) is 0. The van der Waals surface area contributed by atoms with E-state index in [1.165, 1.54) is 12.8 Å². The fourth-order valence-corrected chi connectivity index (χ4v) is 2.46. The Labute approximate surface area is 105 Å². The highest BCUT2D eigenvalue weighted by Crippen LogP contribution is 2.23. The molecule has 1 aromatic carbocycles. The lowest BCUT2D eigenvalue weighted by Crippen LogP contribution is -2.12. The Morgan fingerprint density at radius 1 is 1.44 bits per heavy atom. The molecule has 1 aliphatic rings. The summed E-state index contributed by atoms with van der Waals surface area (Å²) in [6.07, 6.45) is 2.72. The number of carbonyl (C=O) groups is 1. The third kappa shape index (κ3) is 1.92. The molecular formula is C13H15N3O2. The highest BCUT2D eigenvalue weighted by molar-refractivity contribution is 5.77.